The Morgan fingerprint density at radius 1 is 0.946 bits per heavy atom. The molecule has 3 aliphatic rings. The molecule has 0 spiro atoms. The van der Waals surface area contributed by atoms with Crippen LogP contribution in [0.2, 0.25) is 0 Å². The van der Waals surface area contributed by atoms with E-state index in [0.717, 1.165) is 42.4 Å². The number of methoxy groups -OCH3 is 1. The quantitative estimate of drug-likeness (QED) is 0.237. The molecule has 5 heteroatoms. The van der Waals surface area contributed by atoms with E-state index < -0.39 is 5.97 Å². The van der Waals surface area contributed by atoms with Crippen molar-refractivity contribution in [3.8, 4) is 0 Å². The van der Waals surface area contributed by atoms with Crippen molar-refractivity contribution in [2.45, 2.75) is 80.6 Å². The van der Waals surface area contributed by atoms with Crippen LogP contribution in [0.1, 0.15) is 80.6 Å². The van der Waals surface area contributed by atoms with Crippen LogP contribution < -0.4 is 0 Å². The second-order valence-electron chi connectivity index (χ2n) is 12.5. The Morgan fingerprint density at radius 3 is 2.22 bits per heavy atom. The lowest BCUT2D eigenvalue weighted by atomic mass is 9.42. The van der Waals surface area contributed by atoms with Gasteiger partial charge in [0, 0.05) is 23.0 Å². The Morgan fingerprint density at radius 2 is 1.59 bits per heavy atom. The van der Waals surface area contributed by atoms with Gasteiger partial charge in [0.05, 0.1) is 13.0 Å². The van der Waals surface area contributed by atoms with Gasteiger partial charge in [-0.3, -0.25) is 9.59 Å². The lowest BCUT2D eigenvalue weighted by Gasteiger charge is -2.62. The highest BCUT2D eigenvalue weighted by Gasteiger charge is 2.65. The van der Waals surface area contributed by atoms with E-state index in [2.05, 4.69) is 27.7 Å². The number of ether oxygens (including phenoxy) is 1. The van der Waals surface area contributed by atoms with E-state index in [9.17, 15) is 14.4 Å². The molecule has 5 atom stereocenters. The summed E-state index contributed by atoms with van der Waals surface area (Å²) in [4.78, 5) is 37.0. The molecule has 5 nitrogen and oxygen atoms in total. The number of hydrogen-bond acceptors (Lipinski definition) is 4. The lowest BCUT2D eigenvalue weighted by Crippen LogP contribution is -2.57. The van der Waals surface area contributed by atoms with Crippen molar-refractivity contribution in [1.29, 1.82) is 0 Å². The Labute approximate surface area is 222 Å². The fourth-order valence-electron chi connectivity index (χ4n) is 8.06. The molecule has 0 bridgehead atoms. The SMILES string of the molecule is COC(=O)[C@H]1CC[C@@]2(C)[C@@H](CC[C@]3(C)/C(=C(C)/C=C/C=C(C)/C=C/C=C(\C)C(=O)O)C(=O)C[C@@H]23)C1(C)C. The molecular weight excluding hydrogens is 464 g/mol. The van der Waals surface area contributed by atoms with Gasteiger partial charge in [-0.05, 0) is 74.7 Å². The summed E-state index contributed by atoms with van der Waals surface area (Å²) in [5.41, 5.74) is 2.95. The molecule has 0 aromatic heterocycles. The molecule has 37 heavy (non-hydrogen) atoms. The van der Waals surface area contributed by atoms with E-state index in [0.29, 0.717) is 12.3 Å². The predicted molar refractivity (Wildman–Crippen MR) is 147 cm³/mol. The Balaban J connectivity index is 1.86. The van der Waals surface area contributed by atoms with Gasteiger partial charge in [0.1, 0.15) is 0 Å². The zero-order chi connectivity index (χ0) is 27.8. The largest absolute Gasteiger partial charge is 0.478 e. The van der Waals surface area contributed by atoms with Crippen LogP contribution >= 0.6 is 0 Å². The predicted octanol–water partition coefficient (Wildman–Crippen LogP) is 7.01. The molecule has 1 N–H and O–H groups in total. The average molecular weight is 509 g/mol. The first-order valence-electron chi connectivity index (χ1n) is 13.5. The summed E-state index contributed by atoms with van der Waals surface area (Å²) < 4.78 is 5.16. The van der Waals surface area contributed by atoms with E-state index in [1.807, 2.05) is 38.2 Å². The summed E-state index contributed by atoms with van der Waals surface area (Å²) in [7, 11) is 1.48. The molecule has 0 aliphatic heterocycles. The maximum absolute atomic E-state index is 13.5. The van der Waals surface area contributed by atoms with Gasteiger partial charge in [0.25, 0.3) is 0 Å². The number of carbonyl (C=O) groups excluding carboxylic acids is 2. The van der Waals surface area contributed by atoms with E-state index in [1.165, 1.54) is 7.11 Å². The number of hydrogen-bond donors (Lipinski definition) is 1. The van der Waals surface area contributed by atoms with Gasteiger partial charge >= 0.3 is 11.9 Å². The van der Waals surface area contributed by atoms with Crippen molar-refractivity contribution >= 4 is 17.7 Å². The zero-order valence-corrected chi connectivity index (χ0v) is 23.8. The molecule has 202 valence electrons. The fraction of sp³-hybridized carbons (Fsp3) is 0.594. The minimum absolute atomic E-state index is 0.00527. The van der Waals surface area contributed by atoms with Gasteiger partial charge in [-0.2, -0.15) is 0 Å². The van der Waals surface area contributed by atoms with Gasteiger partial charge in [0.2, 0.25) is 0 Å². The average Bonchev–Trinajstić information content (AvgIpc) is 3.09. The monoisotopic (exact) mass is 508 g/mol. The second kappa shape index (κ2) is 10.6. The smallest absolute Gasteiger partial charge is 0.331 e. The maximum Gasteiger partial charge on any atom is 0.331 e. The summed E-state index contributed by atoms with van der Waals surface area (Å²) in [6, 6.07) is 0. The number of rotatable bonds is 6. The van der Waals surface area contributed by atoms with Gasteiger partial charge in [-0.15, -0.1) is 0 Å². The highest BCUT2D eigenvalue weighted by atomic mass is 16.5. The molecule has 0 radical (unpaired) electrons. The molecule has 0 amide bonds. The van der Waals surface area contributed by atoms with Crippen LogP contribution in [0.15, 0.2) is 58.7 Å². The highest BCUT2D eigenvalue weighted by Crippen LogP contribution is 2.70. The number of Topliss-reactive ketones (excluding diaryl/α,β-unsaturated/α-hetero) is 1. The zero-order valence-electron chi connectivity index (χ0n) is 23.8. The lowest BCUT2D eigenvalue weighted by molar-refractivity contribution is -0.171. The number of allylic oxidation sites excluding steroid dienone is 9. The van der Waals surface area contributed by atoms with Crippen LogP contribution in [0.5, 0.6) is 0 Å². The van der Waals surface area contributed by atoms with Crippen LogP contribution in [0.25, 0.3) is 0 Å². The minimum Gasteiger partial charge on any atom is -0.478 e. The fourth-order valence-corrected chi connectivity index (χ4v) is 8.06. The van der Waals surface area contributed by atoms with E-state index in [4.69, 9.17) is 9.84 Å². The number of esters is 1. The molecular formula is C32H44O5. The second-order valence-corrected chi connectivity index (χ2v) is 12.5. The highest BCUT2D eigenvalue weighted by molar-refractivity contribution is 6.00. The maximum atomic E-state index is 13.5. The van der Waals surface area contributed by atoms with Crippen LogP contribution in [0.3, 0.4) is 0 Å². The number of fused-ring (bicyclic) bond motifs is 3. The first kappa shape index (κ1) is 28.9. The Hall–Kier alpha value is -2.69. The van der Waals surface area contributed by atoms with Crippen molar-refractivity contribution in [3.63, 3.8) is 0 Å². The normalized spacial score (nSPS) is 35.5. The molecule has 3 saturated carbocycles. The van der Waals surface area contributed by atoms with Crippen LogP contribution in [0.4, 0.5) is 0 Å². The van der Waals surface area contributed by atoms with Crippen LogP contribution in [0, 0.1) is 34.0 Å². The third-order valence-corrected chi connectivity index (χ3v) is 9.95. The van der Waals surface area contributed by atoms with E-state index >= 15 is 0 Å². The number of aliphatic carboxylic acids is 1. The number of carboxylic acids is 1. The molecule has 3 fully saturated rings. The van der Waals surface area contributed by atoms with Crippen molar-refractivity contribution in [3.05, 3.63) is 58.7 Å². The molecule has 0 aromatic rings. The van der Waals surface area contributed by atoms with Gasteiger partial charge < -0.3 is 9.84 Å². The summed E-state index contributed by atoms with van der Waals surface area (Å²) >= 11 is 0. The number of ketones is 1. The molecule has 0 aromatic carbocycles. The first-order valence-corrected chi connectivity index (χ1v) is 13.5. The molecule has 3 aliphatic carbocycles. The molecule has 0 saturated heterocycles. The molecule has 0 heterocycles. The van der Waals surface area contributed by atoms with Gasteiger partial charge in [0.15, 0.2) is 5.78 Å². The summed E-state index contributed by atoms with van der Waals surface area (Å²) in [6.07, 6.45) is 15.4. The van der Waals surface area contributed by atoms with Crippen molar-refractivity contribution in [2.24, 2.45) is 34.0 Å². The third-order valence-electron chi connectivity index (χ3n) is 9.95. The summed E-state index contributed by atoms with van der Waals surface area (Å²) in [5.74, 6) is -0.217. The van der Waals surface area contributed by atoms with Crippen LogP contribution in [-0.2, 0) is 19.1 Å². The van der Waals surface area contributed by atoms with Crippen molar-refractivity contribution in [1.82, 2.24) is 0 Å². The van der Waals surface area contributed by atoms with Crippen molar-refractivity contribution < 1.29 is 24.2 Å². The Bertz CT molecular complexity index is 1110. The van der Waals surface area contributed by atoms with Crippen molar-refractivity contribution in [2.75, 3.05) is 7.11 Å². The minimum atomic E-state index is -0.926. The topological polar surface area (TPSA) is 80.7 Å². The summed E-state index contributed by atoms with van der Waals surface area (Å²) in [5, 5.41) is 8.95. The number of carboxylic acid groups (broad SMARTS) is 1. The van der Waals surface area contributed by atoms with Gasteiger partial charge in [-0.25, -0.2) is 4.79 Å². The summed E-state index contributed by atoms with van der Waals surface area (Å²) in [6.45, 7) is 14.7. The van der Waals surface area contributed by atoms with Crippen LogP contribution in [-0.4, -0.2) is 29.9 Å². The molecule has 0 unspecified atom stereocenters. The molecule has 3 rings (SSSR count). The Kier molecular flexibility index (Phi) is 8.26. The van der Waals surface area contributed by atoms with E-state index in [-0.39, 0.29) is 45.4 Å². The standard InChI is InChI=1S/C32H44O5/c1-20(12-10-14-22(3)28(34)35)11-9-13-21(2)27-24(33)19-26-31(6)17-15-23(29(36)37-8)30(4,5)25(31)16-18-32(26,27)7/h9-14,23,25-26H,15-19H2,1-8H3,(H,34,35)/b12-10+,13-9+,20-11+,22-14+,27-21+/t23-,25+,26+,31+,32+/m1/s1. The third kappa shape index (κ3) is 5.19. The van der Waals surface area contributed by atoms with E-state index in [1.54, 1.807) is 19.1 Å². The first-order chi connectivity index (χ1) is 17.2. The van der Waals surface area contributed by atoms with Gasteiger partial charge in [-0.1, -0.05) is 69.7 Å². The number of carbonyl (C=O) groups is 3.